The van der Waals surface area contributed by atoms with Gasteiger partial charge in [0.25, 0.3) is 0 Å². The fourth-order valence-electron chi connectivity index (χ4n) is 2.94. The van der Waals surface area contributed by atoms with Crippen LogP contribution in [0.2, 0.25) is 0 Å². The highest BCUT2D eigenvalue weighted by Crippen LogP contribution is 2.31. The largest absolute Gasteiger partial charge is 0.380 e. The van der Waals surface area contributed by atoms with Gasteiger partial charge < -0.3 is 10.1 Å². The van der Waals surface area contributed by atoms with Crippen LogP contribution in [0.3, 0.4) is 0 Å². The molecule has 24 heavy (non-hydrogen) atoms. The summed E-state index contributed by atoms with van der Waals surface area (Å²) in [5, 5.41) is 15.9. The van der Waals surface area contributed by atoms with Gasteiger partial charge in [-0.25, -0.2) is 0 Å². The first-order valence-corrected chi connectivity index (χ1v) is 8.98. The van der Waals surface area contributed by atoms with Crippen LogP contribution in [0.15, 0.2) is 30.3 Å². The van der Waals surface area contributed by atoms with Gasteiger partial charge in [-0.2, -0.15) is 0 Å². The van der Waals surface area contributed by atoms with Gasteiger partial charge in [0.15, 0.2) is 0 Å². The van der Waals surface area contributed by atoms with E-state index in [1.165, 1.54) is 16.9 Å². The quantitative estimate of drug-likeness (QED) is 0.840. The van der Waals surface area contributed by atoms with Crippen molar-refractivity contribution in [1.82, 2.24) is 15.5 Å². The number of methoxy groups -OCH3 is 1. The number of hydrogen-bond acceptors (Lipinski definition) is 6. The van der Waals surface area contributed by atoms with E-state index in [1.54, 1.807) is 7.11 Å². The van der Waals surface area contributed by atoms with Gasteiger partial charge in [-0.3, -0.25) is 10.1 Å². The lowest BCUT2D eigenvalue weighted by atomic mass is 9.97. The Morgan fingerprint density at radius 3 is 2.88 bits per heavy atom. The van der Waals surface area contributed by atoms with Crippen molar-refractivity contribution in [2.45, 2.75) is 37.8 Å². The predicted molar refractivity (Wildman–Crippen MR) is 94.3 cm³/mol. The number of nitrogens with one attached hydrogen (secondary N) is 2. The van der Waals surface area contributed by atoms with Crippen molar-refractivity contribution in [3.05, 3.63) is 40.9 Å². The second-order valence-corrected chi connectivity index (χ2v) is 6.87. The third-order valence-corrected chi connectivity index (χ3v) is 5.27. The number of benzene rings is 1. The van der Waals surface area contributed by atoms with Crippen LogP contribution in [0.1, 0.15) is 36.3 Å². The molecule has 1 aromatic carbocycles. The third kappa shape index (κ3) is 3.80. The summed E-state index contributed by atoms with van der Waals surface area (Å²) >= 11 is 1.44. The molecule has 1 aliphatic rings. The Morgan fingerprint density at radius 1 is 1.42 bits per heavy atom. The highest BCUT2D eigenvalue weighted by Gasteiger charge is 2.30. The third-order valence-electron chi connectivity index (χ3n) is 4.32. The van der Waals surface area contributed by atoms with E-state index in [0.717, 1.165) is 11.4 Å². The van der Waals surface area contributed by atoms with E-state index in [9.17, 15) is 4.79 Å². The van der Waals surface area contributed by atoms with Crippen molar-refractivity contribution in [2.75, 3.05) is 19.0 Å². The molecule has 0 bridgehead atoms. The fraction of sp³-hybridized carbons (Fsp3) is 0.471. The first kappa shape index (κ1) is 17.0. The van der Waals surface area contributed by atoms with E-state index in [4.69, 9.17) is 4.74 Å². The number of nitrogens with zero attached hydrogens (tertiary/aromatic N) is 2. The molecule has 128 valence electrons. The van der Waals surface area contributed by atoms with Crippen molar-refractivity contribution < 1.29 is 9.53 Å². The summed E-state index contributed by atoms with van der Waals surface area (Å²) < 4.78 is 5.27. The molecule has 3 atom stereocenters. The van der Waals surface area contributed by atoms with Crippen LogP contribution in [0.5, 0.6) is 0 Å². The zero-order valence-electron chi connectivity index (χ0n) is 13.9. The second kappa shape index (κ2) is 7.83. The van der Waals surface area contributed by atoms with Crippen LogP contribution in [0.4, 0.5) is 5.13 Å². The van der Waals surface area contributed by atoms with E-state index in [1.807, 2.05) is 18.2 Å². The number of anilines is 1. The SMILES string of the molecule is CCC(c1ccccc1)c1nnc(NC(=O)[C@H]2C[C@H](OC)CN2)s1. The molecule has 0 aliphatic carbocycles. The smallest absolute Gasteiger partial charge is 0.243 e. The van der Waals surface area contributed by atoms with Gasteiger partial charge in [-0.1, -0.05) is 48.6 Å². The molecule has 1 unspecified atom stereocenters. The molecule has 3 rings (SSSR count). The highest BCUT2D eigenvalue weighted by molar-refractivity contribution is 7.15. The maximum atomic E-state index is 12.3. The zero-order valence-corrected chi connectivity index (χ0v) is 14.7. The standard InChI is InChI=1S/C17H22N4O2S/c1-3-13(11-7-5-4-6-8-11)16-20-21-17(24-16)19-15(22)14-9-12(23-2)10-18-14/h4-8,12-14,18H,3,9-10H2,1-2H3,(H,19,21,22)/t12-,13?,14+/m0/s1. The molecule has 1 aromatic heterocycles. The summed E-state index contributed by atoms with van der Waals surface area (Å²) in [5.41, 5.74) is 1.22. The lowest BCUT2D eigenvalue weighted by molar-refractivity contribution is -0.118. The number of aromatic nitrogens is 2. The Balaban J connectivity index is 1.66. The summed E-state index contributed by atoms with van der Waals surface area (Å²) in [7, 11) is 1.66. The Labute approximate surface area is 145 Å². The molecule has 0 radical (unpaired) electrons. The van der Waals surface area contributed by atoms with E-state index in [0.29, 0.717) is 18.1 Å². The average Bonchev–Trinajstić information content (AvgIpc) is 3.26. The average molecular weight is 346 g/mol. The van der Waals surface area contributed by atoms with Gasteiger partial charge >= 0.3 is 0 Å². The molecule has 7 heteroatoms. The maximum absolute atomic E-state index is 12.3. The van der Waals surface area contributed by atoms with E-state index >= 15 is 0 Å². The summed E-state index contributed by atoms with van der Waals surface area (Å²) in [6.45, 7) is 2.83. The van der Waals surface area contributed by atoms with Crippen LogP contribution >= 0.6 is 11.3 Å². The fourth-order valence-corrected chi connectivity index (χ4v) is 3.90. The molecule has 6 nitrogen and oxygen atoms in total. The predicted octanol–water partition coefficient (Wildman–Crippen LogP) is 2.40. The van der Waals surface area contributed by atoms with Crippen molar-refractivity contribution in [1.29, 1.82) is 0 Å². The van der Waals surface area contributed by atoms with Crippen molar-refractivity contribution in [3.8, 4) is 0 Å². The van der Waals surface area contributed by atoms with E-state index < -0.39 is 0 Å². The van der Waals surface area contributed by atoms with Crippen LogP contribution in [0, 0.1) is 0 Å². The number of hydrogen-bond donors (Lipinski definition) is 2. The van der Waals surface area contributed by atoms with Crippen LogP contribution < -0.4 is 10.6 Å². The Morgan fingerprint density at radius 2 is 2.21 bits per heavy atom. The van der Waals surface area contributed by atoms with Crippen LogP contribution in [0.25, 0.3) is 0 Å². The van der Waals surface area contributed by atoms with Gasteiger partial charge in [0.2, 0.25) is 11.0 Å². The summed E-state index contributed by atoms with van der Waals surface area (Å²) in [6, 6.07) is 10.0. The second-order valence-electron chi connectivity index (χ2n) is 5.86. The monoisotopic (exact) mass is 346 g/mol. The molecule has 2 N–H and O–H groups in total. The van der Waals surface area contributed by atoms with E-state index in [2.05, 4.69) is 39.9 Å². The molecular formula is C17H22N4O2S. The van der Waals surface area contributed by atoms with Gasteiger partial charge in [-0.05, 0) is 18.4 Å². The summed E-state index contributed by atoms with van der Waals surface area (Å²) in [5.74, 6) is 0.127. The molecule has 1 amide bonds. The Hall–Kier alpha value is -1.83. The molecule has 0 spiro atoms. The van der Waals surface area contributed by atoms with Crippen molar-refractivity contribution in [2.24, 2.45) is 0 Å². The highest BCUT2D eigenvalue weighted by atomic mass is 32.1. The van der Waals surface area contributed by atoms with E-state index in [-0.39, 0.29) is 24.0 Å². The number of carbonyl (C=O) groups is 1. The van der Waals surface area contributed by atoms with Crippen molar-refractivity contribution >= 4 is 22.4 Å². The maximum Gasteiger partial charge on any atom is 0.243 e. The minimum absolute atomic E-state index is 0.0787. The van der Waals surface area contributed by atoms with Gasteiger partial charge in [0.05, 0.1) is 12.1 Å². The number of carbonyl (C=O) groups excluding carboxylic acids is 1. The van der Waals surface area contributed by atoms with Crippen LogP contribution in [-0.2, 0) is 9.53 Å². The molecule has 1 saturated heterocycles. The number of ether oxygens (including phenoxy) is 1. The molecule has 2 heterocycles. The first-order valence-electron chi connectivity index (χ1n) is 8.16. The molecule has 2 aromatic rings. The molecule has 1 fully saturated rings. The van der Waals surface area contributed by atoms with Gasteiger partial charge in [0, 0.05) is 19.6 Å². The summed E-state index contributed by atoms with van der Waals surface area (Å²) in [4.78, 5) is 12.3. The molecule has 1 aliphatic heterocycles. The van der Waals surface area contributed by atoms with Crippen LogP contribution in [-0.4, -0.2) is 41.9 Å². The zero-order chi connectivity index (χ0) is 16.9. The van der Waals surface area contributed by atoms with Gasteiger partial charge in [0.1, 0.15) is 5.01 Å². The number of rotatable bonds is 6. The first-order chi connectivity index (χ1) is 11.7. The summed E-state index contributed by atoms with van der Waals surface area (Å²) in [6.07, 6.45) is 1.70. The topological polar surface area (TPSA) is 76.1 Å². The normalized spacial score (nSPS) is 21.6. The van der Waals surface area contributed by atoms with Gasteiger partial charge in [-0.15, -0.1) is 10.2 Å². The lowest BCUT2D eigenvalue weighted by Gasteiger charge is -2.11. The van der Waals surface area contributed by atoms with Crippen molar-refractivity contribution in [3.63, 3.8) is 0 Å². The Bertz CT molecular complexity index is 676. The lowest BCUT2D eigenvalue weighted by Crippen LogP contribution is -2.35. The molecular weight excluding hydrogens is 324 g/mol. The number of amides is 1. The minimum Gasteiger partial charge on any atom is -0.380 e. The minimum atomic E-state index is -0.238. The Kier molecular flexibility index (Phi) is 5.55. The molecule has 0 saturated carbocycles.